The lowest BCUT2D eigenvalue weighted by Gasteiger charge is -2.40. The van der Waals surface area contributed by atoms with Crippen LogP contribution in [0.25, 0.3) is 33.7 Å². The predicted molar refractivity (Wildman–Crippen MR) is 617 cm³/mol. The van der Waals surface area contributed by atoms with Crippen LogP contribution in [0.5, 0.6) is 0 Å². The van der Waals surface area contributed by atoms with E-state index in [1.165, 1.54) is 135 Å². The van der Waals surface area contributed by atoms with Gasteiger partial charge in [0.2, 0.25) is 0 Å². The van der Waals surface area contributed by atoms with Crippen LogP contribution in [0.1, 0.15) is 314 Å². The lowest BCUT2D eigenvalue weighted by atomic mass is 9.92. The van der Waals surface area contributed by atoms with E-state index in [9.17, 15) is 0 Å². The first kappa shape index (κ1) is 106. The zero-order valence-corrected chi connectivity index (χ0v) is 96.2. The number of anilines is 10. The second kappa shape index (κ2) is 41.1. The van der Waals surface area contributed by atoms with Gasteiger partial charge >= 0.3 is 23.8 Å². The van der Waals surface area contributed by atoms with Crippen LogP contribution in [0.15, 0.2) is 275 Å². The van der Waals surface area contributed by atoms with Crippen LogP contribution in [0.4, 0.5) is 57.9 Å². The number of aryl methyl sites for hydroxylation is 9. The summed E-state index contributed by atoms with van der Waals surface area (Å²) in [6.45, 7) is 66.5. The highest BCUT2D eigenvalue weighted by Gasteiger charge is 2.54. The molecule has 782 valence electrons. The first-order valence-electron chi connectivity index (χ1n) is 54.3. The normalized spacial score (nSPS) is 15.9. The molecule has 0 bridgehead atoms. The van der Waals surface area contributed by atoms with Gasteiger partial charge in [-0.2, -0.15) is 5.10 Å². The maximum absolute atomic E-state index is 4.76. The Balaban J connectivity index is 0.000000136. The molecule has 0 saturated heterocycles. The second-order valence-corrected chi connectivity index (χ2v) is 46.6. The molecule has 0 fully saturated rings. The summed E-state index contributed by atoms with van der Waals surface area (Å²) in [4.78, 5) is 24.8. The van der Waals surface area contributed by atoms with E-state index in [1.807, 2.05) is 24.1 Å². The van der Waals surface area contributed by atoms with Gasteiger partial charge in [0.25, 0.3) is 0 Å². The molecule has 0 radical (unpaired) electrons. The second-order valence-electron chi connectivity index (χ2n) is 46.6. The Kier molecular flexibility index (Phi) is 29.3. The predicted octanol–water partition coefficient (Wildman–Crippen LogP) is 27.4. The maximum atomic E-state index is 4.76. The Labute approximate surface area is 889 Å². The lowest BCUT2D eigenvalue weighted by molar-refractivity contribution is -0.657. The molecule has 22 heteroatoms. The van der Waals surface area contributed by atoms with Gasteiger partial charge in [-0.1, -0.05) is 238 Å². The Morgan fingerprint density at radius 3 is 0.940 bits per heavy atom. The fraction of sp³-hybridized carbons (Fsp3) is 0.417. The minimum atomic E-state index is -0.322. The van der Waals surface area contributed by atoms with Crippen LogP contribution >= 0.6 is 0 Å². The van der Waals surface area contributed by atoms with Gasteiger partial charge in [-0.25, -0.2) is 61.1 Å². The third kappa shape index (κ3) is 18.5. The number of nitrogens with zero attached hydrogens (tertiary/aromatic N) is 22. The van der Waals surface area contributed by atoms with E-state index in [0.717, 1.165) is 29.4 Å². The highest BCUT2D eigenvalue weighted by Crippen LogP contribution is 2.55. The highest BCUT2D eigenvalue weighted by molar-refractivity contribution is 5.87. The summed E-state index contributed by atoms with van der Waals surface area (Å²) in [5.74, 6) is 9.03. The van der Waals surface area contributed by atoms with Crippen LogP contribution in [0, 0.1) is 6.92 Å². The van der Waals surface area contributed by atoms with Crippen molar-refractivity contribution in [2.45, 2.75) is 295 Å². The van der Waals surface area contributed by atoms with Crippen LogP contribution in [0.2, 0.25) is 0 Å². The molecule has 16 aromatic rings. The fourth-order valence-corrected chi connectivity index (χ4v) is 25.2. The van der Waals surface area contributed by atoms with Crippen LogP contribution < -0.4 is 52.6 Å². The number of benzene rings is 8. The molecule has 22 nitrogen and oxygen atoms in total. The van der Waals surface area contributed by atoms with Gasteiger partial charge < -0.3 is 33.3 Å². The van der Waals surface area contributed by atoms with Crippen molar-refractivity contribution in [1.82, 2.24) is 51.6 Å². The highest BCUT2D eigenvalue weighted by atomic mass is 15.5. The molecule has 8 aromatic carbocycles. The maximum Gasteiger partial charge on any atom is 0.371 e. The molecule has 20 rings (SSSR count). The SMILES string of the molecule is CC(C)c1cccc(C(C)C)c1-n1cc[n+](C)c1N1c2ccccc2N(C(C)(C)c2cc3ccccc3n2C)[C@@H]1C.CC(C)c1cccc(C(C)C)c1-n1cc[n+](C)c1N1c2ccccc2N(C(C)(C)c2cccn2C)[C@@H]1C.CC(C)c1cccc(C(C)C)c1-n1cc[n+](C)c1N1c2ccccc2N(C(C)(C)c2nccn2C)[C@@H]1C.Cc1cc(C(C)(C)N2C=CN(c3n(-c4c(C(C)C)cccc4C(C)C)cc[n+]3C)[C@H]2C)n(C)n1. The van der Waals surface area contributed by atoms with Gasteiger partial charge in [0.1, 0.15) is 70.4 Å². The Morgan fingerprint density at radius 1 is 0.302 bits per heavy atom. The van der Waals surface area contributed by atoms with E-state index in [0.29, 0.717) is 47.3 Å². The van der Waals surface area contributed by atoms with Crippen LogP contribution in [-0.2, 0) is 78.5 Å². The average Bonchev–Trinajstić information content (AvgIpc) is 1.56. The van der Waals surface area contributed by atoms with E-state index in [2.05, 4.69) is 607 Å². The van der Waals surface area contributed by atoms with E-state index in [1.54, 1.807) is 0 Å². The number of fused-ring (bicyclic) bond motifs is 4. The molecule has 0 aliphatic carbocycles. The largest absolute Gasteiger partial charge is 0.371 e. The Hall–Kier alpha value is -14.0. The number of rotatable bonds is 24. The van der Waals surface area contributed by atoms with Gasteiger partial charge in [0.05, 0.1) is 110 Å². The zero-order valence-electron chi connectivity index (χ0n) is 96.2. The smallest absolute Gasteiger partial charge is 0.352 e. The summed E-state index contributed by atoms with van der Waals surface area (Å²) in [6.07, 6.45) is 28.5. The average molecular weight is 2000 g/mol. The topological polar surface area (TPSA) is 107 Å². The van der Waals surface area contributed by atoms with E-state index < -0.39 is 0 Å². The third-order valence-corrected chi connectivity index (χ3v) is 32.3. The van der Waals surface area contributed by atoms with Gasteiger partial charge in [-0.15, -0.1) is 0 Å². The first-order chi connectivity index (χ1) is 70.6. The minimum absolute atomic E-state index is 0.0673. The van der Waals surface area contributed by atoms with E-state index in [4.69, 9.17) is 4.98 Å². The van der Waals surface area contributed by atoms with Crippen LogP contribution in [-0.4, -0.2) is 76.3 Å². The number of hydrogen-bond acceptors (Lipinski definition) is 10. The number of imidazole rings is 5. The molecule has 4 aliphatic heterocycles. The molecule has 8 aromatic heterocycles. The summed E-state index contributed by atoms with van der Waals surface area (Å²) in [6, 6.07) is 71.3. The summed E-state index contributed by atoms with van der Waals surface area (Å²) in [5, 5.41) is 5.89. The molecule has 0 N–H and O–H groups in total. The van der Waals surface area contributed by atoms with Crippen molar-refractivity contribution >= 4 is 68.8 Å². The van der Waals surface area contributed by atoms with Gasteiger partial charge in [0.15, 0.2) is 24.7 Å². The van der Waals surface area contributed by atoms with Crippen molar-refractivity contribution in [3.8, 4) is 22.7 Å². The Bertz CT molecular complexity index is 7220. The van der Waals surface area contributed by atoms with Crippen molar-refractivity contribution in [2.75, 3.05) is 34.3 Å². The standard InChI is InChI=1S/C36H44N5.C32H42N5.C31H41N6.C28H41N6/c1-24(2)28-16-14-17-29(25(3)4)34(28)39-22-21-37(8)35(39)40-26(5)41(32-20-13-12-19-31(32)40)36(6,7)33-23-27-15-10-11-18-30(27)38(33)9;1-22(2)25-14-12-15-26(23(3)4)30(25)35-21-20-34(9)31(35)36-24(5)37(28-17-11-10-16-27(28)36)32(6,7)29-18-13-19-33(29)8;1-21(2)24-13-12-14-25(22(3)4)28(24)35-20-19-34(9)30(35)36-23(5)37(27-16-11-10-15-26(27)36)31(6,7)29-32-17-18-33(29)8;1-19(2)23-12-11-13-24(20(3)4)26(23)33-15-14-30(9)27(33)32-16-17-34(22(32)6)28(7,8)25-18-21(5)29-31(25)10/h10-26H,1-9H3;10-24H,1-9H3;10-23H,1-9H3;11-20,22H,1-10H3/q4*+1/t26-;24-;23-;22-/m1111/s1. The third-order valence-electron chi connectivity index (χ3n) is 32.3. The number of aromatic nitrogens is 14. The van der Waals surface area contributed by atoms with Gasteiger partial charge in [-0.05, 0) is 254 Å². The van der Waals surface area contributed by atoms with Crippen LogP contribution in [0.3, 0.4) is 0 Å². The molecule has 12 heterocycles. The van der Waals surface area contributed by atoms with Crippen molar-refractivity contribution in [2.24, 2.45) is 56.4 Å². The Morgan fingerprint density at radius 2 is 0.624 bits per heavy atom. The fourth-order valence-electron chi connectivity index (χ4n) is 25.2. The van der Waals surface area contributed by atoms with Gasteiger partial charge in [-0.3, -0.25) is 4.68 Å². The molecule has 4 aliphatic rings. The molecule has 149 heavy (non-hydrogen) atoms. The molecule has 0 spiro atoms. The molecule has 4 atom stereocenters. The summed E-state index contributed by atoms with van der Waals surface area (Å²) < 4.78 is 27.4. The minimum Gasteiger partial charge on any atom is -0.352 e. The molecule has 0 amide bonds. The summed E-state index contributed by atoms with van der Waals surface area (Å²) in [5.41, 5.74) is 28.7. The zero-order chi connectivity index (χ0) is 107. The molecular weight excluding hydrogens is 1830 g/mol. The summed E-state index contributed by atoms with van der Waals surface area (Å²) in [7, 11) is 17.1. The van der Waals surface area contributed by atoms with Gasteiger partial charge in [0, 0.05) is 69.9 Å². The monoisotopic (exact) mass is 2000 g/mol. The molecular formula is C127H168N22+4. The molecule has 0 unspecified atom stereocenters. The van der Waals surface area contributed by atoms with Crippen molar-refractivity contribution < 1.29 is 18.3 Å². The molecule has 0 saturated carbocycles. The first-order valence-corrected chi connectivity index (χ1v) is 54.3. The summed E-state index contributed by atoms with van der Waals surface area (Å²) >= 11 is 0. The van der Waals surface area contributed by atoms with Crippen molar-refractivity contribution in [1.29, 1.82) is 0 Å². The quantitative estimate of drug-likeness (QED) is 0.0543. The van der Waals surface area contributed by atoms with E-state index in [-0.39, 0.29) is 46.8 Å². The van der Waals surface area contributed by atoms with Crippen molar-refractivity contribution in [3.05, 3.63) is 348 Å². The number of para-hydroxylation sites is 11. The van der Waals surface area contributed by atoms with E-state index >= 15 is 0 Å². The number of hydrogen-bond donors (Lipinski definition) is 0. The van der Waals surface area contributed by atoms with Crippen molar-refractivity contribution in [3.63, 3.8) is 0 Å². The lowest BCUT2D eigenvalue weighted by Crippen LogP contribution is -2.52.